The number of hydrogen-bond donors (Lipinski definition) is 1. The van der Waals surface area contributed by atoms with E-state index in [0.717, 1.165) is 19.3 Å². The maximum absolute atomic E-state index is 12.4. The highest BCUT2D eigenvalue weighted by Gasteiger charge is 2.58. The number of rotatable bonds is 5. The molecule has 2 unspecified atom stereocenters. The number of ether oxygens (including phenoxy) is 2. The van der Waals surface area contributed by atoms with Crippen LogP contribution in [0.1, 0.15) is 52.4 Å². The molecule has 22 heavy (non-hydrogen) atoms. The summed E-state index contributed by atoms with van der Waals surface area (Å²) in [7, 11) is -0.259. The van der Waals surface area contributed by atoms with Crippen molar-refractivity contribution >= 4 is 13.9 Å². The molecule has 126 valence electrons. The van der Waals surface area contributed by atoms with Gasteiger partial charge in [0.2, 0.25) is 6.35 Å². The largest absolute Gasteiger partial charge is 0.465 e. The molecule has 2 rings (SSSR count). The van der Waals surface area contributed by atoms with E-state index in [1.165, 1.54) is 31.3 Å². The van der Waals surface area contributed by atoms with E-state index in [4.69, 9.17) is 9.47 Å². The van der Waals surface area contributed by atoms with E-state index in [-0.39, 0.29) is 12.4 Å². The van der Waals surface area contributed by atoms with Crippen molar-refractivity contribution in [1.82, 2.24) is 4.90 Å². The smallest absolute Gasteiger partial charge is 0.410 e. The zero-order valence-corrected chi connectivity index (χ0v) is 14.6. The van der Waals surface area contributed by atoms with E-state index in [9.17, 15) is 14.5 Å². The topological polar surface area (TPSA) is 76.1 Å². The standard InChI is InChI=1S/C15H26NO5P/c1-15(2)16(14(17)18)12(9-11-7-5-4-6-8-11)13(21-15)22(19)10-20-3/h11-13H,4-10H2,1-3H3/p+1/t12-,13?/m0/s1. The molecule has 1 amide bonds. The van der Waals surface area contributed by atoms with Crippen molar-refractivity contribution in [1.29, 1.82) is 0 Å². The SMILES string of the molecule is COC[P+](=O)C1OC(C)(C)N(C(=O)O)[C@H]1CC1CCCCC1. The summed E-state index contributed by atoms with van der Waals surface area (Å²) in [6.45, 7) is 3.45. The first-order valence-electron chi connectivity index (χ1n) is 7.99. The Hall–Kier alpha value is -0.710. The average Bonchev–Trinajstić information content (AvgIpc) is 2.71. The van der Waals surface area contributed by atoms with Crippen molar-refractivity contribution in [2.75, 3.05) is 13.5 Å². The number of nitrogens with zero attached hydrogens (tertiary/aromatic N) is 1. The van der Waals surface area contributed by atoms with Gasteiger partial charge in [0, 0.05) is 7.11 Å². The highest BCUT2D eigenvalue weighted by Crippen LogP contribution is 2.46. The van der Waals surface area contributed by atoms with Gasteiger partial charge in [-0.2, -0.15) is 0 Å². The molecule has 0 aromatic rings. The van der Waals surface area contributed by atoms with Crippen molar-refractivity contribution in [2.24, 2.45) is 5.92 Å². The first kappa shape index (κ1) is 17.6. The Labute approximate surface area is 132 Å². The van der Waals surface area contributed by atoms with Gasteiger partial charge < -0.3 is 14.6 Å². The monoisotopic (exact) mass is 332 g/mol. The summed E-state index contributed by atoms with van der Waals surface area (Å²) >= 11 is 0. The zero-order valence-electron chi connectivity index (χ0n) is 13.7. The van der Waals surface area contributed by atoms with Gasteiger partial charge in [-0.25, -0.2) is 4.79 Å². The molecular formula is C15H27NO5P+. The van der Waals surface area contributed by atoms with Gasteiger partial charge in [-0.15, -0.1) is 0 Å². The average molecular weight is 332 g/mol. The predicted molar refractivity (Wildman–Crippen MR) is 83.3 cm³/mol. The Morgan fingerprint density at radius 2 is 2.00 bits per heavy atom. The van der Waals surface area contributed by atoms with Gasteiger partial charge in [0.05, 0.1) is 0 Å². The van der Waals surface area contributed by atoms with E-state index in [0.29, 0.717) is 5.92 Å². The molecule has 1 saturated carbocycles. The van der Waals surface area contributed by atoms with Crippen LogP contribution in [-0.2, 0) is 14.0 Å². The van der Waals surface area contributed by atoms with Crippen LogP contribution in [0, 0.1) is 5.92 Å². The van der Waals surface area contributed by atoms with Gasteiger partial charge in [-0.1, -0.05) is 36.7 Å². The van der Waals surface area contributed by atoms with Gasteiger partial charge >= 0.3 is 13.9 Å². The molecule has 0 aromatic heterocycles. The van der Waals surface area contributed by atoms with Crippen molar-refractivity contribution < 1.29 is 23.9 Å². The molecule has 0 bridgehead atoms. The zero-order chi connectivity index (χ0) is 16.3. The Bertz CT molecular complexity index is 422. The molecule has 7 heteroatoms. The van der Waals surface area contributed by atoms with E-state index in [1.807, 2.05) is 0 Å². The first-order chi connectivity index (χ1) is 10.4. The lowest BCUT2D eigenvalue weighted by Crippen LogP contribution is -2.48. The summed E-state index contributed by atoms with van der Waals surface area (Å²) in [6.07, 6.45) is 5.72. The van der Waals surface area contributed by atoms with Crippen LogP contribution in [0.2, 0.25) is 0 Å². The fraction of sp³-hybridized carbons (Fsp3) is 0.933. The second-order valence-corrected chi connectivity index (χ2v) is 8.35. The molecule has 3 atom stereocenters. The normalized spacial score (nSPS) is 29.6. The van der Waals surface area contributed by atoms with Gasteiger partial charge in [-0.05, 0) is 26.2 Å². The lowest BCUT2D eigenvalue weighted by atomic mass is 9.84. The van der Waals surface area contributed by atoms with Crippen LogP contribution < -0.4 is 0 Å². The molecule has 1 heterocycles. The van der Waals surface area contributed by atoms with Crippen molar-refractivity contribution in [2.45, 2.75) is 70.0 Å². The van der Waals surface area contributed by atoms with Crippen LogP contribution in [-0.4, -0.2) is 47.2 Å². The van der Waals surface area contributed by atoms with Crippen LogP contribution in [0.5, 0.6) is 0 Å². The van der Waals surface area contributed by atoms with Crippen LogP contribution in [0.4, 0.5) is 4.79 Å². The fourth-order valence-electron chi connectivity index (χ4n) is 3.77. The molecule has 2 fully saturated rings. The maximum atomic E-state index is 12.4. The first-order valence-corrected chi connectivity index (χ1v) is 9.51. The van der Waals surface area contributed by atoms with E-state index < -0.39 is 25.5 Å². The molecule has 1 aliphatic carbocycles. The molecule has 1 aliphatic heterocycles. The predicted octanol–water partition coefficient (Wildman–Crippen LogP) is 3.83. The fourth-order valence-corrected chi connectivity index (χ4v) is 5.18. The van der Waals surface area contributed by atoms with E-state index >= 15 is 0 Å². The van der Waals surface area contributed by atoms with Crippen LogP contribution in [0.25, 0.3) is 0 Å². The maximum Gasteiger partial charge on any atom is 0.410 e. The number of methoxy groups -OCH3 is 1. The van der Waals surface area contributed by atoms with E-state index in [1.54, 1.807) is 13.8 Å². The highest BCUT2D eigenvalue weighted by atomic mass is 31.1. The second kappa shape index (κ2) is 7.24. The van der Waals surface area contributed by atoms with Gasteiger partial charge in [0.25, 0.3) is 5.85 Å². The summed E-state index contributed by atoms with van der Waals surface area (Å²) in [6, 6.07) is -0.352. The number of carbonyl (C=O) groups is 1. The molecule has 1 saturated heterocycles. The molecule has 6 nitrogen and oxygen atoms in total. The molecule has 2 aliphatic rings. The van der Waals surface area contributed by atoms with Gasteiger partial charge in [0.15, 0.2) is 0 Å². The third-order valence-electron chi connectivity index (χ3n) is 4.70. The summed E-state index contributed by atoms with van der Waals surface area (Å²) in [5, 5.41) is 9.60. The van der Waals surface area contributed by atoms with Crippen LogP contribution in [0.15, 0.2) is 0 Å². The Morgan fingerprint density at radius 3 is 2.55 bits per heavy atom. The number of carboxylic acid groups (broad SMARTS) is 1. The Kier molecular flexibility index (Phi) is 5.81. The van der Waals surface area contributed by atoms with Gasteiger partial charge in [0.1, 0.15) is 11.8 Å². The van der Waals surface area contributed by atoms with E-state index in [2.05, 4.69) is 0 Å². The molecule has 1 N–H and O–H groups in total. The number of hydrogen-bond acceptors (Lipinski definition) is 4. The van der Waals surface area contributed by atoms with Crippen molar-refractivity contribution in [3.05, 3.63) is 0 Å². The number of amides is 1. The second-order valence-electron chi connectivity index (χ2n) is 6.75. The molecule has 0 spiro atoms. The Balaban J connectivity index is 2.19. The van der Waals surface area contributed by atoms with Crippen LogP contribution in [0.3, 0.4) is 0 Å². The van der Waals surface area contributed by atoms with Crippen molar-refractivity contribution in [3.8, 4) is 0 Å². The summed E-state index contributed by atoms with van der Waals surface area (Å²) in [4.78, 5) is 13.1. The van der Waals surface area contributed by atoms with Crippen LogP contribution >= 0.6 is 7.80 Å². The summed E-state index contributed by atoms with van der Waals surface area (Å²) in [5.74, 6) is -0.0884. The third kappa shape index (κ3) is 3.79. The third-order valence-corrected chi connectivity index (χ3v) is 6.23. The molecular weight excluding hydrogens is 305 g/mol. The molecule has 0 radical (unpaired) electrons. The lowest BCUT2D eigenvalue weighted by molar-refractivity contribution is -0.0505. The summed E-state index contributed by atoms with van der Waals surface area (Å²) < 4.78 is 23.3. The lowest BCUT2D eigenvalue weighted by Gasteiger charge is -2.32. The highest BCUT2D eigenvalue weighted by molar-refractivity contribution is 7.45. The minimum atomic E-state index is -1.76. The van der Waals surface area contributed by atoms with Gasteiger partial charge in [-0.3, -0.25) is 4.90 Å². The minimum absolute atomic E-state index is 0.102. The molecule has 0 aromatic carbocycles. The Morgan fingerprint density at radius 1 is 1.36 bits per heavy atom. The van der Waals surface area contributed by atoms with Crippen molar-refractivity contribution in [3.63, 3.8) is 0 Å². The quantitative estimate of drug-likeness (QED) is 0.774. The summed E-state index contributed by atoms with van der Waals surface area (Å²) in [5.41, 5.74) is -0.950. The minimum Gasteiger partial charge on any atom is -0.465 e.